The highest BCUT2D eigenvalue weighted by Crippen LogP contribution is 2.45. The molecule has 11 heteroatoms. The van der Waals surface area contributed by atoms with Crippen molar-refractivity contribution < 1.29 is 19.5 Å². The molecule has 2 aromatic rings. The molecule has 2 amide bonds. The van der Waals surface area contributed by atoms with Crippen molar-refractivity contribution >= 4 is 58.9 Å². The highest BCUT2D eigenvalue weighted by atomic mass is 32.2. The Hall–Kier alpha value is -2.89. The lowest BCUT2D eigenvalue weighted by atomic mass is 10.0. The van der Waals surface area contributed by atoms with Crippen LogP contribution in [0.15, 0.2) is 70.1 Å². The largest absolute Gasteiger partial charge is 0.477 e. The van der Waals surface area contributed by atoms with E-state index in [1.807, 2.05) is 54.6 Å². The van der Waals surface area contributed by atoms with Crippen molar-refractivity contribution in [3.63, 3.8) is 0 Å². The molecule has 0 aliphatic carbocycles. The summed E-state index contributed by atoms with van der Waals surface area (Å²) in [5.41, 5.74) is 7.33. The summed E-state index contributed by atoms with van der Waals surface area (Å²) >= 11 is 4.41. The number of aliphatic carboxylic acids is 1. The first-order valence-corrected chi connectivity index (χ1v) is 14.3. The van der Waals surface area contributed by atoms with Gasteiger partial charge in [0.2, 0.25) is 5.91 Å². The monoisotopic (exact) mass is 542 g/mol. The number of hydrogen-bond donors (Lipinski definition) is 4. The molecule has 0 aromatic heterocycles. The topological polar surface area (TPSA) is 137 Å². The Balaban J connectivity index is 1.45. The van der Waals surface area contributed by atoms with E-state index >= 15 is 0 Å². The number of rotatable bonds is 11. The zero-order chi connectivity index (χ0) is 25.7. The minimum atomic E-state index is -1.15. The summed E-state index contributed by atoms with van der Waals surface area (Å²) in [6.45, 7) is 0. The molecule has 2 atom stereocenters. The van der Waals surface area contributed by atoms with E-state index in [0.717, 1.165) is 28.2 Å². The number of carboxylic acid groups (broad SMARTS) is 1. The van der Waals surface area contributed by atoms with Gasteiger partial charge in [0.15, 0.2) is 0 Å². The SMILES string of the molecule is N=C(N)CSCCc1ccccc1SC1=C(C(=O)O)N2C(=O)[C@@H](NC(=O)Cc3ccccc3)[C@@H]2SC1. The molecule has 5 N–H and O–H groups in total. The molecule has 2 heterocycles. The maximum atomic E-state index is 13.0. The van der Waals surface area contributed by atoms with E-state index in [9.17, 15) is 19.5 Å². The van der Waals surface area contributed by atoms with E-state index in [1.165, 1.54) is 28.4 Å². The molecule has 1 fully saturated rings. The third-order valence-electron chi connectivity index (χ3n) is 5.64. The number of fused-ring (bicyclic) bond motifs is 1. The molecule has 2 aromatic carbocycles. The molecular formula is C25H26N4O4S3. The molecule has 1 saturated heterocycles. The maximum absolute atomic E-state index is 13.0. The Morgan fingerprint density at radius 3 is 2.61 bits per heavy atom. The Morgan fingerprint density at radius 1 is 1.17 bits per heavy atom. The van der Waals surface area contributed by atoms with Crippen LogP contribution in [-0.2, 0) is 27.2 Å². The van der Waals surface area contributed by atoms with Gasteiger partial charge in [0.05, 0.1) is 12.2 Å². The molecule has 0 bridgehead atoms. The van der Waals surface area contributed by atoms with Crippen molar-refractivity contribution in [1.29, 1.82) is 5.41 Å². The van der Waals surface area contributed by atoms with Gasteiger partial charge in [0.25, 0.3) is 5.91 Å². The number of aryl methyl sites for hydroxylation is 1. The zero-order valence-corrected chi connectivity index (χ0v) is 21.8. The van der Waals surface area contributed by atoms with E-state index < -0.39 is 23.3 Å². The second-order valence-corrected chi connectivity index (χ2v) is 11.6. The summed E-state index contributed by atoms with van der Waals surface area (Å²) in [6.07, 6.45) is 0.914. The van der Waals surface area contributed by atoms with Gasteiger partial charge in [-0.3, -0.25) is 19.9 Å². The first kappa shape index (κ1) is 26.2. The van der Waals surface area contributed by atoms with Gasteiger partial charge in [-0.1, -0.05) is 60.3 Å². The van der Waals surface area contributed by atoms with Crippen LogP contribution in [0.3, 0.4) is 0 Å². The van der Waals surface area contributed by atoms with Gasteiger partial charge in [0, 0.05) is 15.6 Å². The molecule has 4 rings (SSSR count). The summed E-state index contributed by atoms with van der Waals surface area (Å²) in [4.78, 5) is 40.5. The van der Waals surface area contributed by atoms with Gasteiger partial charge in [-0.25, -0.2) is 4.79 Å². The Kier molecular flexibility index (Phi) is 8.65. The number of amidine groups is 1. The van der Waals surface area contributed by atoms with Crippen LogP contribution in [0.5, 0.6) is 0 Å². The second kappa shape index (κ2) is 11.9. The molecule has 0 radical (unpaired) electrons. The van der Waals surface area contributed by atoms with Crippen LogP contribution in [-0.4, -0.2) is 62.3 Å². The molecular weight excluding hydrogens is 517 g/mol. The lowest BCUT2D eigenvalue weighted by Crippen LogP contribution is -2.70. The van der Waals surface area contributed by atoms with E-state index in [0.29, 0.717) is 16.4 Å². The first-order valence-electron chi connectivity index (χ1n) is 11.3. The fraction of sp³-hybridized carbons (Fsp3) is 0.280. The minimum Gasteiger partial charge on any atom is -0.477 e. The molecule has 2 aliphatic rings. The van der Waals surface area contributed by atoms with Crippen molar-refractivity contribution in [2.45, 2.75) is 29.2 Å². The highest BCUT2D eigenvalue weighted by molar-refractivity contribution is 8.06. The van der Waals surface area contributed by atoms with Gasteiger partial charge < -0.3 is 16.2 Å². The number of β-lactam (4-membered cyclic amide) rings is 1. The average molecular weight is 543 g/mol. The van der Waals surface area contributed by atoms with Crippen molar-refractivity contribution in [2.75, 3.05) is 17.3 Å². The van der Waals surface area contributed by atoms with Gasteiger partial charge in [-0.15, -0.1) is 11.8 Å². The number of nitrogens with two attached hydrogens (primary N) is 1. The van der Waals surface area contributed by atoms with Gasteiger partial charge in [-0.05, 0) is 29.4 Å². The Bertz CT molecular complexity index is 1200. The van der Waals surface area contributed by atoms with E-state index in [4.69, 9.17) is 11.1 Å². The number of carboxylic acids is 1. The normalized spacial score (nSPS) is 18.9. The molecule has 188 valence electrons. The summed E-state index contributed by atoms with van der Waals surface area (Å²) in [5, 5.41) is 19.7. The zero-order valence-electron chi connectivity index (χ0n) is 19.3. The van der Waals surface area contributed by atoms with Crippen molar-refractivity contribution in [1.82, 2.24) is 10.2 Å². The number of nitrogens with zero attached hydrogens (tertiary/aromatic N) is 1. The number of carbonyl (C=O) groups excluding carboxylic acids is 2. The fourth-order valence-corrected chi connectivity index (χ4v) is 7.34. The van der Waals surface area contributed by atoms with Crippen LogP contribution in [0.2, 0.25) is 0 Å². The third-order valence-corrected chi connectivity index (χ3v) is 9.31. The standard InChI is InChI=1S/C25H26N4O4S3/c26-19(27)14-34-11-10-16-8-4-5-9-17(16)36-18-13-35-24-21(23(31)29(24)22(18)25(32)33)28-20(30)12-15-6-2-1-3-7-15/h1-9,21,24H,10-14H2,(H3,26,27)(H,28,30)(H,32,33)/t21-,24+/m1/s1. The van der Waals surface area contributed by atoms with Crippen LogP contribution in [0.1, 0.15) is 11.1 Å². The third kappa shape index (κ3) is 6.08. The number of amides is 2. The number of carbonyl (C=O) groups is 3. The van der Waals surface area contributed by atoms with Gasteiger partial charge in [0.1, 0.15) is 22.9 Å². The molecule has 36 heavy (non-hydrogen) atoms. The lowest BCUT2D eigenvalue weighted by Gasteiger charge is -2.49. The second-order valence-electron chi connectivity index (χ2n) is 8.23. The van der Waals surface area contributed by atoms with Crippen molar-refractivity contribution in [2.24, 2.45) is 5.73 Å². The van der Waals surface area contributed by atoms with E-state index in [2.05, 4.69) is 5.32 Å². The smallest absolute Gasteiger partial charge is 0.353 e. The average Bonchev–Trinajstić information content (AvgIpc) is 2.86. The summed E-state index contributed by atoms with van der Waals surface area (Å²) in [7, 11) is 0. The van der Waals surface area contributed by atoms with Crippen molar-refractivity contribution in [3.05, 3.63) is 76.3 Å². The van der Waals surface area contributed by atoms with Crippen LogP contribution >= 0.6 is 35.3 Å². The predicted octanol–water partition coefficient (Wildman–Crippen LogP) is 2.93. The number of hydrogen-bond acceptors (Lipinski definition) is 7. The van der Waals surface area contributed by atoms with Crippen LogP contribution in [0.25, 0.3) is 0 Å². The van der Waals surface area contributed by atoms with Gasteiger partial charge >= 0.3 is 5.97 Å². The summed E-state index contributed by atoms with van der Waals surface area (Å²) in [5.74, 6) is 0.00557. The lowest BCUT2D eigenvalue weighted by molar-refractivity contribution is -0.150. The molecule has 2 aliphatic heterocycles. The molecule has 0 spiro atoms. The van der Waals surface area contributed by atoms with Crippen LogP contribution in [0.4, 0.5) is 0 Å². The number of benzene rings is 2. The molecule has 8 nitrogen and oxygen atoms in total. The molecule has 0 saturated carbocycles. The van der Waals surface area contributed by atoms with Gasteiger partial charge in [-0.2, -0.15) is 11.8 Å². The van der Waals surface area contributed by atoms with Crippen LogP contribution < -0.4 is 11.1 Å². The quantitative estimate of drug-likeness (QED) is 0.147. The fourth-order valence-electron chi connectivity index (χ4n) is 3.98. The van der Waals surface area contributed by atoms with E-state index in [-0.39, 0.29) is 23.9 Å². The highest BCUT2D eigenvalue weighted by Gasteiger charge is 2.54. The first-order chi connectivity index (χ1) is 17.3. The Labute approximate surface area is 222 Å². The summed E-state index contributed by atoms with van der Waals surface area (Å²) in [6, 6.07) is 16.3. The number of thioether (sulfide) groups is 3. The van der Waals surface area contributed by atoms with Crippen LogP contribution in [0, 0.1) is 5.41 Å². The van der Waals surface area contributed by atoms with Crippen molar-refractivity contribution in [3.8, 4) is 0 Å². The Morgan fingerprint density at radius 2 is 1.89 bits per heavy atom. The van der Waals surface area contributed by atoms with E-state index in [1.54, 1.807) is 11.8 Å². The minimum absolute atomic E-state index is 0.0110. The predicted molar refractivity (Wildman–Crippen MR) is 145 cm³/mol. The number of nitrogens with one attached hydrogen (secondary N) is 2. The molecule has 0 unspecified atom stereocenters. The maximum Gasteiger partial charge on any atom is 0.353 e. The summed E-state index contributed by atoms with van der Waals surface area (Å²) < 4.78 is 0.